The third-order valence-electron chi connectivity index (χ3n) is 5.78. The lowest BCUT2D eigenvalue weighted by molar-refractivity contribution is 0.0506. The maximum Gasteiger partial charge on any atom is 0.253 e. The molecule has 0 saturated carbocycles. The minimum absolute atomic E-state index is 0.0974. The predicted octanol–water partition coefficient (Wildman–Crippen LogP) is 3.34. The zero-order chi connectivity index (χ0) is 18.6. The van der Waals surface area contributed by atoms with E-state index in [0.29, 0.717) is 17.4 Å². The van der Waals surface area contributed by atoms with Gasteiger partial charge in [0.1, 0.15) is 0 Å². The van der Waals surface area contributed by atoms with Gasteiger partial charge in [0.25, 0.3) is 5.91 Å². The summed E-state index contributed by atoms with van der Waals surface area (Å²) in [4.78, 5) is 34.6. The summed E-state index contributed by atoms with van der Waals surface area (Å²) in [5, 5.41) is 1.98. The highest BCUT2D eigenvalue weighted by atomic mass is 32.1. The lowest BCUT2D eigenvalue weighted by Gasteiger charge is -2.42. The number of pyridine rings is 1. The zero-order valence-electron chi connectivity index (χ0n) is 15.4. The Labute approximate surface area is 164 Å². The summed E-state index contributed by atoms with van der Waals surface area (Å²) in [6.07, 6.45) is 7.37. The third kappa shape index (κ3) is 4.12. The second-order valence-corrected chi connectivity index (χ2v) is 8.38. The van der Waals surface area contributed by atoms with E-state index >= 15 is 0 Å². The minimum atomic E-state index is 0.0974. The van der Waals surface area contributed by atoms with Gasteiger partial charge in [0.2, 0.25) is 0 Å². The molecule has 0 aliphatic carbocycles. The smallest absolute Gasteiger partial charge is 0.253 e. The van der Waals surface area contributed by atoms with Crippen molar-refractivity contribution >= 4 is 23.0 Å². The van der Waals surface area contributed by atoms with Crippen LogP contribution in [0, 0.1) is 5.92 Å². The topological polar surface area (TPSA) is 53.5 Å². The molecule has 0 spiro atoms. The lowest BCUT2D eigenvalue weighted by Crippen LogP contribution is -2.50. The molecule has 1 unspecified atom stereocenters. The molecular formula is C21H25N3O2S. The molecule has 2 aromatic heterocycles. The molecule has 2 aromatic rings. The molecule has 0 bridgehead atoms. The van der Waals surface area contributed by atoms with Gasteiger partial charge in [-0.3, -0.25) is 19.5 Å². The Hall–Kier alpha value is -2.05. The maximum absolute atomic E-state index is 12.7. The average molecular weight is 384 g/mol. The number of nitrogens with zero attached hydrogens (tertiary/aromatic N) is 3. The van der Waals surface area contributed by atoms with Crippen LogP contribution in [0.5, 0.6) is 0 Å². The largest absolute Gasteiger partial charge is 0.339 e. The lowest BCUT2D eigenvalue weighted by atomic mass is 9.90. The van der Waals surface area contributed by atoms with Gasteiger partial charge in [0, 0.05) is 49.6 Å². The van der Waals surface area contributed by atoms with Crippen molar-refractivity contribution in [3.8, 4) is 0 Å². The maximum atomic E-state index is 12.7. The Morgan fingerprint density at radius 1 is 1.04 bits per heavy atom. The molecule has 2 aliphatic heterocycles. The Kier molecular flexibility index (Phi) is 5.64. The molecule has 1 atom stereocenters. The van der Waals surface area contributed by atoms with E-state index in [0.717, 1.165) is 56.7 Å². The summed E-state index contributed by atoms with van der Waals surface area (Å²) in [6, 6.07) is 7.92. The molecule has 1 amide bonds. The van der Waals surface area contributed by atoms with E-state index < -0.39 is 0 Å². The van der Waals surface area contributed by atoms with Crippen molar-refractivity contribution in [1.82, 2.24) is 14.8 Å². The van der Waals surface area contributed by atoms with Crippen LogP contribution >= 0.6 is 11.3 Å². The van der Waals surface area contributed by atoms with Gasteiger partial charge in [-0.2, -0.15) is 0 Å². The number of rotatable bonds is 4. The summed E-state index contributed by atoms with van der Waals surface area (Å²) < 4.78 is 0. The van der Waals surface area contributed by atoms with Crippen molar-refractivity contribution < 1.29 is 9.59 Å². The summed E-state index contributed by atoms with van der Waals surface area (Å²) in [5.74, 6) is 0.522. The first-order valence-electron chi connectivity index (χ1n) is 9.73. The number of thiophene rings is 1. The Morgan fingerprint density at radius 3 is 2.52 bits per heavy atom. The van der Waals surface area contributed by atoms with Gasteiger partial charge in [-0.25, -0.2) is 0 Å². The van der Waals surface area contributed by atoms with Crippen LogP contribution in [0.15, 0.2) is 42.0 Å². The number of hydrogen-bond acceptors (Lipinski definition) is 5. The highest BCUT2D eigenvalue weighted by Gasteiger charge is 2.33. The summed E-state index contributed by atoms with van der Waals surface area (Å²) in [5.41, 5.74) is 0.711. The average Bonchev–Trinajstić information content (AvgIpc) is 3.28. The number of piperidine rings is 2. The number of Topliss-reactive ketones (excluding diaryl/α,β-unsaturated/α-hetero) is 1. The van der Waals surface area contributed by atoms with Crippen LogP contribution < -0.4 is 0 Å². The van der Waals surface area contributed by atoms with Crippen LogP contribution in [0.25, 0.3) is 0 Å². The molecule has 2 saturated heterocycles. The first-order chi connectivity index (χ1) is 13.2. The molecule has 0 radical (unpaired) electrons. The number of ketones is 1. The fourth-order valence-corrected chi connectivity index (χ4v) is 5.03. The molecular weight excluding hydrogens is 358 g/mol. The quantitative estimate of drug-likeness (QED) is 0.760. The SMILES string of the molecule is O=C(c1cccs1)C1CCCN(C2CCN(C(=O)c3ccncc3)CC2)C1. The fraction of sp³-hybridized carbons (Fsp3) is 0.476. The van der Waals surface area contributed by atoms with Crippen molar-refractivity contribution in [3.63, 3.8) is 0 Å². The van der Waals surface area contributed by atoms with Crippen molar-refractivity contribution in [2.75, 3.05) is 26.2 Å². The Morgan fingerprint density at radius 2 is 1.81 bits per heavy atom. The van der Waals surface area contributed by atoms with E-state index in [4.69, 9.17) is 0 Å². The van der Waals surface area contributed by atoms with Crippen molar-refractivity contribution in [2.24, 2.45) is 5.92 Å². The molecule has 4 rings (SSSR count). The van der Waals surface area contributed by atoms with Crippen LogP contribution in [0.4, 0.5) is 0 Å². The van der Waals surface area contributed by atoms with Crippen LogP contribution in [0.3, 0.4) is 0 Å². The number of aromatic nitrogens is 1. The van der Waals surface area contributed by atoms with Crippen LogP contribution in [0.2, 0.25) is 0 Å². The van der Waals surface area contributed by atoms with E-state index in [2.05, 4.69) is 9.88 Å². The predicted molar refractivity (Wildman–Crippen MR) is 106 cm³/mol. The summed E-state index contributed by atoms with van der Waals surface area (Å²) >= 11 is 1.55. The van der Waals surface area contributed by atoms with Gasteiger partial charge in [0.15, 0.2) is 5.78 Å². The van der Waals surface area contributed by atoms with Gasteiger partial charge < -0.3 is 4.90 Å². The minimum Gasteiger partial charge on any atom is -0.339 e. The Balaban J connectivity index is 1.33. The number of likely N-dealkylation sites (tertiary alicyclic amines) is 2. The molecule has 2 aliphatic rings. The normalized spacial score (nSPS) is 21.9. The highest BCUT2D eigenvalue weighted by Crippen LogP contribution is 2.27. The molecule has 4 heterocycles. The summed E-state index contributed by atoms with van der Waals surface area (Å²) in [7, 11) is 0. The molecule has 2 fully saturated rings. The molecule has 0 N–H and O–H groups in total. The second kappa shape index (κ2) is 8.31. The van der Waals surface area contributed by atoms with Gasteiger partial charge in [0.05, 0.1) is 4.88 Å². The van der Waals surface area contributed by atoms with Crippen LogP contribution in [0.1, 0.15) is 45.7 Å². The van der Waals surface area contributed by atoms with Gasteiger partial charge >= 0.3 is 0 Å². The first-order valence-corrected chi connectivity index (χ1v) is 10.6. The molecule has 5 nitrogen and oxygen atoms in total. The van der Waals surface area contributed by atoms with Gasteiger partial charge in [-0.1, -0.05) is 6.07 Å². The number of carbonyl (C=O) groups is 2. The molecule has 6 heteroatoms. The standard InChI is InChI=1S/C21H25N3O2S/c25-20(19-4-2-14-27-19)17-3-1-11-24(15-17)18-7-12-23(13-8-18)21(26)16-5-9-22-10-6-16/h2,4-6,9-10,14,17-18H,1,3,7-8,11-13,15H2. The number of carbonyl (C=O) groups excluding carboxylic acids is 2. The van der Waals surface area contributed by atoms with Crippen LogP contribution in [-0.2, 0) is 0 Å². The van der Waals surface area contributed by atoms with E-state index in [1.54, 1.807) is 35.9 Å². The first kappa shape index (κ1) is 18.3. The molecule has 27 heavy (non-hydrogen) atoms. The van der Waals surface area contributed by atoms with Crippen molar-refractivity contribution in [2.45, 2.75) is 31.7 Å². The van der Waals surface area contributed by atoms with E-state index in [1.165, 1.54) is 0 Å². The highest BCUT2D eigenvalue weighted by molar-refractivity contribution is 7.12. The van der Waals surface area contributed by atoms with Gasteiger partial charge in [-0.15, -0.1) is 11.3 Å². The van der Waals surface area contributed by atoms with E-state index in [-0.39, 0.29) is 11.8 Å². The van der Waals surface area contributed by atoms with Gasteiger partial charge in [-0.05, 0) is 55.8 Å². The molecule has 142 valence electrons. The second-order valence-electron chi connectivity index (χ2n) is 7.43. The number of amides is 1. The monoisotopic (exact) mass is 383 g/mol. The van der Waals surface area contributed by atoms with Crippen molar-refractivity contribution in [3.05, 3.63) is 52.5 Å². The van der Waals surface area contributed by atoms with Crippen LogP contribution in [-0.4, -0.2) is 58.7 Å². The molecule has 0 aromatic carbocycles. The summed E-state index contributed by atoms with van der Waals surface area (Å²) in [6.45, 7) is 3.49. The third-order valence-corrected chi connectivity index (χ3v) is 6.67. The number of hydrogen-bond donors (Lipinski definition) is 0. The van der Waals surface area contributed by atoms with E-state index in [1.807, 2.05) is 22.4 Å². The Bertz CT molecular complexity index is 770. The van der Waals surface area contributed by atoms with Crippen molar-refractivity contribution in [1.29, 1.82) is 0 Å². The fourth-order valence-electron chi connectivity index (χ4n) is 4.28. The van der Waals surface area contributed by atoms with E-state index in [9.17, 15) is 9.59 Å². The zero-order valence-corrected chi connectivity index (χ0v) is 16.2.